The second-order valence-electron chi connectivity index (χ2n) is 11.9. The van der Waals surface area contributed by atoms with Crippen LogP contribution in [-0.2, 0) is 14.4 Å². The fraction of sp³-hybridized carbons (Fsp3) is 0.406. The van der Waals surface area contributed by atoms with E-state index in [1.54, 1.807) is 73.6 Å². The van der Waals surface area contributed by atoms with E-state index < -0.39 is 23.5 Å². The minimum absolute atomic E-state index is 0.274. The Hall–Kier alpha value is -4.91. The van der Waals surface area contributed by atoms with E-state index in [9.17, 15) is 14.4 Å². The van der Waals surface area contributed by atoms with Crippen LogP contribution in [0, 0.1) is 5.41 Å². The van der Waals surface area contributed by atoms with Gasteiger partial charge in [0, 0.05) is 42.3 Å². The van der Waals surface area contributed by atoms with Gasteiger partial charge in [-0.2, -0.15) is 4.98 Å². The molecule has 3 atom stereocenters. The molecule has 0 radical (unpaired) electrons. The first kappa shape index (κ1) is 33.0. The highest BCUT2D eigenvalue weighted by Gasteiger charge is 2.42. The van der Waals surface area contributed by atoms with Crippen molar-refractivity contribution in [3.8, 4) is 17.4 Å². The molecule has 13 heteroatoms. The fourth-order valence-corrected chi connectivity index (χ4v) is 4.89. The Kier molecular flexibility index (Phi) is 10.4. The number of carbonyl (C=O) groups excluding carboxylic acids is 3. The maximum Gasteiger partial charge on any atom is 0.247 e. The summed E-state index contributed by atoms with van der Waals surface area (Å²) in [7, 11) is 3.20. The van der Waals surface area contributed by atoms with E-state index in [-0.39, 0.29) is 23.7 Å². The summed E-state index contributed by atoms with van der Waals surface area (Å²) in [5.41, 5.74) is 6.89. The maximum absolute atomic E-state index is 13.7. The second-order valence-corrected chi connectivity index (χ2v) is 11.9. The minimum Gasteiger partial charge on any atom is -0.494 e. The van der Waals surface area contributed by atoms with E-state index in [0.29, 0.717) is 53.8 Å². The van der Waals surface area contributed by atoms with Crippen LogP contribution >= 0.6 is 0 Å². The average Bonchev–Trinajstić information content (AvgIpc) is 3.50. The lowest BCUT2D eigenvalue weighted by Gasteiger charge is -2.36. The summed E-state index contributed by atoms with van der Waals surface area (Å²) in [5.74, 6) is 0.696. The number of methoxy groups -OCH3 is 1. The average molecular weight is 619 g/mol. The number of nitrogens with zero attached hydrogens (tertiary/aromatic N) is 3. The van der Waals surface area contributed by atoms with Crippen molar-refractivity contribution in [3.05, 3.63) is 54.7 Å². The molecule has 1 fully saturated rings. The molecule has 0 unspecified atom stereocenters. The van der Waals surface area contributed by atoms with Gasteiger partial charge in [0.05, 0.1) is 18.8 Å². The first-order chi connectivity index (χ1) is 21.4. The summed E-state index contributed by atoms with van der Waals surface area (Å²) in [5, 5.41) is 11.8. The zero-order valence-electron chi connectivity index (χ0n) is 26.5. The maximum atomic E-state index is 13.7. The van der Waals surface area contributed by atoms with Gasteiger partial charge in [0.1, 0.15) is 23.6 Å². The number of ether oxygens (including phenoxy) is 2. The summed E-state index contributed by atoms with van der Waals surface area (Å²) in [4.78, 5) is 50.1. The van der Waals surface area contributed by atoms with E-state index in [4.69, 9.17) is 15.2 Å². The lowest BCUT2D eigenvalue weighted by atomic mass is 9.85. The smallest absolute Gasteiger partial charge is 0.247 e. The van der Waals surface area contributed by atoms with E-state index >= 15 is 0 Å². The summed E-state index contributed by atoms with van der Waals surface area (Å²) in [6.07, 6.45) is 2.75. The molecule has 3 aromatic rings. The van der Waals surface area contributed by atoms with Gasteiger partial charge in [-0.15, -0.1) is 0 Å². The molecule has 4 rings (SSSR count). The summed E-state index contributed by atoms with van der Waals surface area (Å²) < 4.78 is 11.4. The van der Waals surface area contributed by atoms with Crippen LogP contribution in [-0.4, -0.2) is 71.4 Å². The highest BCUT2D eigenvalue weighted by Crippen LogP contribution is 2.32. The van der Waals surface area contributed by atoms with Gasteiger partial charge in [-0.1, -0.05) is 26.8 Å². The normalized spacial score (nSPS) is 16.0. The molecular weight excluding hydrogens is 576 g/mol. The summed E-state index contributed by atoms with van der Waals surface area (Å²) >= 11 is 0. The largest absolute Gasteiger partial charge is 0.494 e. The van der Waals surface area contributed by atoms with Crippen molar-refractivity contribution < 1.29 is 23.9 Å². The molecule has 1 saturated heterocycles. The van der Waals surface area contributed by atoms with Crippen molar-refractivity contribution in [2.24, 2.45) is 5.41 Å². The Morgan fingerprint density at radius 2 is 1.89 bits per heavy atom. The van der Waals surface area contributed by atoms with E-state index in [1.165, 1.54) is 7.11 Å². The number of carbonyl (C=O) groups is 3. The Morgan fingerprint density at radius 3 is 2.58 bits per heavy atom. The zero-order valence-corrected chi connectivity index (χ0v) is 26.5. The lowest BCUT2D eigenvalue weighted by molar-refractivity contribution is -0.143. The van der Waals surface area contributed by atoms with Crippen molar-refractivity contribution in [3.63, 3.8) is 0 Å². The van der Waals surface area contributed by atoms with Crippen LogP contribution in [0.4, 0.5) is 23.0 Å². The first-order valence-corrected chi connectivity index (χ1v) is 14.8. The predicted molar refractivity (Wildman–Crippen MR) is 173 cm³/mol. The van der Waals surface area contributed by atoms with E-state index in [2.05, 4.69) is 31.2 Å². The molecule has 45 heavy (non-hydrogen) atoms. The summed E-state index contributed by atoms with van der Waals surface area (Å²) in [6.45, 7) is 7.82. The number of amides is 3. The highest BCUT2D eigenvalue weighted by atomic mass is 16.5. The number of nitrogen functional groups attached to an aromatic ring is 1. The Bertz CT molecular complexity index is 1530. The van der Waals surface area contributed by atoms with Crippen LogP contribution in [0.5, 0.6) is 17.4 Å². The van der Waals surface area contributed by atoms with Crippen LogP contribution < -0.4 is 36.5 Å². The Balaban J connectivity index is 1.45. The molecular formula is C32H42N8O5. The third-order valence-electron chi connectivity index (χ3n) is 7.49. The van der Waals surface area contributed by atoms with Crippen molar-refractivity contribution in [1.29, 1.82) is 0 Å². The van der Waals surface area contributed by atoms with Crippen LogP contribution in [0.2, 0.25) is 0 Å². The van der Waals surface area contributed by atoms with Crippen molar-refractivity contribution in [2.75, 3.05) is 37.1 Å². The van der Waals surface area contributed by atoms with Crippen LogP contribution in [0.15, 0.2) is 54.7 Å². The molecule has 240 valence electrons. The van der Waals surface area contributed by atoms with Crippen molar-refractivity contribution in [2.45, 2.75) is 58.7 Å². The van der Waals surface area contributed by atoms with Gasteiger partial charge in [-0.3, -0.25) is 14.4 Å². The SMILES string of the molecule is CN[C@@H](C)C(=O)N[C@H](C(=O)N1CCC[C@@H]1C(=O)Nc1ccc(Nc2nccc(Oc3cccc(N)c3)n2)c(OC)c1)C(C)(C)C. The van der Waals surface area contributed by atoms with Gasteiger partial charge in [0.2, 0.25) is 29.5 Å². The number of likely N-dealkylation sites (N-methyl/N-ethyl adjacent to an activating group) is 1. The monoisotopic (exact) mass is 618 g/mol. The molecule has 0 spiro atoms. The molecule has 3 amide bonds. The molecule has 1 aromatic heterocycles. The third kappa shape index (κ3) is 8.38. The quantitative estimate of drug-likeness (QED) is 0.200. The van der Waals surface area contributed by atoms with Gasteiger partial charge < -0.3 is 41.4 Å². The Morgan fingerprint density at radius 1 is 1.11 bits per heavy atom. The van der Waals surface area contributed by atoms with Crippen molar-refractivity contribution in [1.82, 2.24) is 25.5 Å². The number of benzene rings is 2. The third-order valence-corrected chi connectivity index (χ3v) is 7.49. The van der Waals surface area contributed by atoms with E-state index in [0.717, 1.165) is 0 Å². The van der Waals surface area contributed by atoms with Crippen molar-refractivity contribution >= 4 is 40.7 Å². The first-order valence-electron chi connectivity index (χ1n) is 14.8. The molecule has 0 bridgehead atoms. The van der Waals surface area contributed by atoms with Crippen LogP contribution in [0.25, 0.3) is 0 Å². The van der Waals surface area contributed by atoms with Gasteiger partial charge >= 0.3 is 0 Å². The number of likely N-dealkylation sites (tertiary alicyclic amines) is 1. The molecule has 1 aliphatic rings. The number of aromatic nitrogens is 2. The number of nitrogens with one attached hydrogen (secondary N) is 4. The molecule has 2 aromatic carbocycles. The number of hydrogen-bond acceptors (Lipinski definition) is 10. The number of hydrogen-bond donors (Lipinski definition) is 5. The number of nitrogens with two attached hydrogens (primary N) is 1. The molecule has 0 aliphatic carbocycles. The number of anilines is 4. The van der Waals surface area contributed by atoms with Crippen LogP contribution in [0.1, 0.15) is 40.5 Å². The second kappa shape index (κ2) is 14.2. The van der Waals surface area contributed by atoms with Gasteiger partial charge in [0.25, 0.3) is 0 Å². The molecule has 2 heterocycles. The lowest BCUT2D eigenvalue weighted by Crippen LogP contribution is -2.59. The summed E-state index contributed by atoms with van der Waals surface area (Å²) in [6, 6.07) is 11.8. The molecule has 6 N–H and O–H groups in total. The van der Waals surface area contributed by atoms with Gasteiger partial charge in [0.15, 0.2) is 0 Å². The Labute approximate surface area is 263 Å². The number of rotatable bonds is 11. The molecule has 13 nitrogen and oxygen atoms in total. The van der Waals surface area contributed by atoms with Gasteiger partial charge in [-0.25, -0.2) is 4.98 Å². The molecule has 0 saturated carbocycles. The van der Waals surface area contributed by atoms with Crippen LogP contribution in [0.3, 0.4) is 0 Å². The molecule has 1 aliphatic heterocycles. The fourth-order valence-electron chi connectivity index (χ4n) is 4.89. The zero-order chi connectivity index (χ0) is 32.7. The topological polar surface area (TPSA) is 173 Å². The standard InChI is InChI=1S/C32H42N8O5/c1-19(34-5)28(41)39-27(32(2,3)4)30(43)40-16-8-11-24(40)29(42)36-21-12-13-23(25(18-21)44-6)37-31-35-15-14-26(38-31)45-22-10-7-9-20(33)17-22/h7,9-10,12-15,17-19,24,27,34H,8,11,16,33H2,1-6H3,(H,36,42)(H,39,41)(H,35,37,38)/t19-,24+,27+/m0/s1. The van der Waals surface area contributed by atoms with Gasteiger partial charge in [-0.05, 0) is 56.5 Å². The minimum atomic E-state index is -0.795. The highest BCUT2D eigenvalue weighted by molar-refractivity contribution is 5.99. The van der Waals surface area contributed by atoms with E-state index in [1.807, 2.05) is 20.8 Å². The predicted octanol–water partition coefficient (Wildman–Crippen LogP) is 3.67.